The molecule has 1 aliphatic rings. The van der Waals surface area contributed by atoms with Gasteiger partial charge in [-0.15, -0.1) is 11.3 Å². The maximum atomic E-state index is 13.8. The van der Waals surface area contributed by atoms with Crippen molar-refractivity contribution in [2.24, 2.45) is 0 Å². The fourth-order valence-corrected chi connectivity index (χ4v) is 7.33. The first-order chi connectivity index (χ1) is 17.4. The summed E-state index contributed by atoms with van der Waals surface area (Å²) in [5.74, 6) is -0.181. The summed E-state index contributed by atoms with van der Waals surface area (Å²) in [7, 11) is 1.87. The third-order valence-corrected chi connectivity index (χ3v) is 9.02. The maximum absolute atomic E-state index is 13.8. The minimum atomic E-state index is -2.90. The van der Waals surface area contributed by atoms with Gasteiger partial charge in [-0.2, -0.15) is 13.3 Å². The molecular weight excluding hydrogens is 527 g/mol. The number of anilines is 1. The molecule has 2 aromatic carbocycles. The van der Waals surface area contributed by atoms with Crippen LogP contribution < -0.4 is 29.0 Å². The minimum Gasteiger partial charge on any atom is -0.434 e. The summed E-state index contributed by atoms with van der Waals surface area (Å²) in [6.45, 7) is -0.166. The summed E-state index contributed by atoms with van der Waals surface area (Å²) in [4.78, 5) is 16.0. The van der Waals surface area contributed by atoms with Crippen molar-refractivity contribution >= 4 is 51.2 Å². The summed E-state index contributed by atoms with van der Waals surface area (Å²) < 4.78 is 49.1. The number of aromatic nitrogens is 2. The van der Waals surface area contributed by atoms with Gasteiger partial charge >= 0.3 is 6.61 Å². The highest BCUT2D eigenvalue weighted by Crippen LogP contribution is 2.45. The molecule has 0 bridgehead atoms. The Kier molecular flexibility index (Phi) is 6.96. The number of fused-ring (bicyclic) bond motifs is 1. The molecule has 5 nitrogen and oxygen atoms in total. The molecular formula is C25H21F3N3O2S3+. The molecule has 0 spiro atoms. The number of rotatable bonds is 6. The van der Waals surface area contributed by atoms with E-state index in [1.807, 2.05) is 41.1 Å². The van der Waals surface area contributed by atoms with Crippen molar-refractivity contribution in [3.8, 4) is 5.75 Å². The predicted octanol–water partition coefficient (Wildman–Crippen LogP) is 4.20. The molecule has 0 fully saturated rings. The molecule has 0 amide bonds. The highest BCUT2D eigenvalue weighted by molar-refractivity contribution is 8.08. The van der Waals surface area contributed by atoms with Crippen LogP contribution >= 0.6 is 34.4 Å². The van der Waals surface area contributed by atoms with Crippen molar-refractivity contribution in [3.63, 3.8) is 0 Å². The van der Waals surface area contributed by atoms with Crippen molar-refractivity contribution in [1.29, 1.82) is 0 Å². The molecule has 3 heterocycles. The van der Waals surface area contributed by atoms with Gasteiger partial charge in [0, 0.05) is 18.5 Å². The molecule has 0 aliphatic carbocycles. The molecule has 5 rings (SSSR count). The van der Waals surface area contributed by atoms with E-state index in [4.69, 9.17) is 0 Å². The number of hydrogen-bond donors (Lipinski definition) is 0. The van der Waals surface area contributed by atoms with Crippen LogP contribution in [0.4, 0.5) is 18.9 Å². The topological polar surface area (TPSA) is 38.4 Å². The Morgan fingerprint density at radius 1 is 1.19 bits per heavy atom. The second-order valence-electron chi connectivity index (χ2n) is 7.90. The van der Waals surface area contributed by atoms with Gasteiger partial charge in [0.05, 0.1) is 22.7 Å². The molecule has 2 aromatic heterocycles. The quantitative estimate of drug-likeness (QED) is 0.339. The third-order valence-electron chi connectivity index (χ3n) is 5.71. The van der Waals surface area contributed by atoms with Gasteiger partial charge < -0.3 is 9.64 Å². The lowest BCUT2D eigenvalue weighted by Crippen LogP contribution is -2.36. The Balaban J connectivity index is 1.56. The van der Waals surface area contributed by atoms with Gasteiger partial charge in [0.2, 0.25) is 0 Å². The van der Waals surface area contributed by atoms with Gasteiger partial charge in [0.1, 0.15) is 25.8 Å². The van der Waals surface area contributed by atoms with E-state index in [1.165, 1.54) is 52.6 Å². The predicted molar refractivity (Wildman–Crippen MR) is 138 cm³/mol. The van der Waals surface area contributed by atoms with Crippen LogP contribution in [0.5, 0.6) is 5.75 Å². The van der Waals surface area contributed by atoms with Gasteiger partial charge in [-0.1, -0.05) is 35.2 Å². The number of thiazole rings is 2. The van der Waals surface area contributed by atoms with Gasteiger partial charge in [-0.05, 0) is 37.3 Å². The summed E-state index contributed by atoms with van der Waals surface area (Å²) in [5.41, 5.74) is 1.38. The molecule has 11 heteroatoms. The van der Waals surface area contributed by atoms with Crippen molar-refractivity contribution in [2.45, 2.75) is 31.5 Å². The Labute approximate surface area is 217 Å². The van der Waals surface area contributed by atoms with Crippen molar-refractivity contribution in [1.82, 2.24) is 4.57 Å². The Morgan fingerprint density at radius 2 is 2.00 bits per heavy atom. The molecule has 4 aromatic rings. The zero-order chi connectivity index (χ0) is 25.4. The van der Waals surface area contributed by atoms with E-state index in [0.717, 1.165) is 25.3 Å². The Morgan fingerprint density at radius 3 is 2.78 bits per heavy atom. The number of halogens is 3. The van der Waals surface area contributed by atoms with Crippen molar-refractivity contribution in [2.75, 3.05) is 11.9 Å². The van der Waals surface area contributed by atoms with Crippen LogP contribution in [0.1, 0.15) is 17.5 Å². The number of thioether (sulfide) groups is 1. The third kappa shape index (κ3) is 4.70. The zero-order valence-corrected chi connectivity index (χ0v) is 21.7. The van der Waals surface area contributed by atoms with Crippen LogP contribution in [-0.4, -0.2) is 18.2 Å². The summed E-state index contributed by atoms with van der Waals surface area (Å²) in [6.07, 6.45) is 3.81. The standard InChI is InChI=1S/C25H21F3N3O2S3/c1-3-31-21(36-22(23(31)32)24-29(2)17-9-8-16(26)12-19(17)35-24)13-20-30(10-11-34-20)14-15-6-4-5-7-18(15)33-25(27)28/h4-13,25H,3,14H2,1-2H3/q+1/b24-22+. The van der Waals surface area contributed by atoms with E-state index in [0.29, 0.717) is 23.2 Å². The van der Waals surface area contributed by atoms with E-state index < -0.39 is 6.61 Å². The average molecular weight is 549 g/mol. The minimum absolute atomic E-state index is 0.102. The Bertz CT molecular complexity index is 1610. The van der Waals surface area contributed by atoms with Gasteiger partial charge in [0.15, 0.2) is 12.7 Å². The maximum Gasteiger partial charge on any atom is 0.387 e. The first-order valence-electron chi connectivity index (χ1n) is 11.0. The molecule has 0 saturated carbocycles. The number of ether oxygens (including phenoxy) is 1. The fourth-order valence-electron chi connectivity index (χ4n) is 3.99. The second kappa shape index (κ2) is 10.2. The smallest absolute Gasteiger partial charge is 0.387 e. The van der Waals surface area contributed by atoms with Crippen LogP contribution in [0, 0.1) is 5.82 Å². The van der Waals surface area contributed by atoms with Crippen molar-refractivity contribution < 1.29 is 22.5 Å². The lowest BCUT2D eigenvalue weighted by Gasteiger charge is -2.12. The molecule has 186 valence electrons. The van der Waals surface area contributed by atoms with Crippen LogP contribution in [-0.2, 0) is 13.1 Å². The number of alkyl halides is 2. The Hall–Kier alpha value is -3.02. The molecule has 0 radical (unpaired) electrons. The van der Waals surface area contributed by atoms with E-state index >= 15 is 0 Å². The normalized spacial score (nSPS) is 15.2. The number of benzene rings is 2. The molecule has 36 heavy (non-hydrogen) atoms. The van der Waals surface area contributed by atoms with E-state index in [-0.39, 0.29) is 17.1 Å². The van der Waals surface area contributed by atoms with Gasteiger partial charge in [-0.25, -0.2) is 4.39 Å². The van der Waals surface area contributed by atoms with Gasteiger partial charge in [-0.3, -0.25) is 9.36 Å². The van der Waals surface area contributed by atoms with Crippen LogP contribution in [0.2, 0.25) is 0 Å². The summed E-state index contributed by atoms with van der Waals surface area (Å²) in [6, 6.07) is 11.3. The lowest BCUT2D eigenvalue weighted by molar-refractivity contribution is -0.685. The fraction of sp³-hybridized carbons (Fsp3) is 0.200. The first-order valence-corrected chi connectivity index (χ1v) is 13.5. The van der Waals surface area contributed by atoms with Crippen molar-refractivity contribution in [3.05, 3.63) is 90.0 Å². The summed E-state index contributed by atoms with van der Waals surface area (Å²) >= 11 is 4.26. The largest absolute Gasteiger partial charge is 0.434 e. The number of para-hydroxylation sites is 1. The second-order valence-corrected chi connectivity index (χ2v) is 10.9. The average Bonchev–Trinajstić information content (AvgIpc) is 3.50. The first kappa shape index (κ1) is 24.7. The number of hydrogen-bond acceptors (Lipinski definition) is 6. The zero-order valence-electron chi connectivity index (χ0n) is 19.3. The monoisotopic (exact) mass is 548 g/mol. The SMILES string of the molecule is CCn1c(=O)/c(=C2\Sc3cc(F)ccc3N2C)s/c1=C\c1scc[n+]1Cc1ccccc1OC(F)F. The lowest BCUT2D eigenvalue weighted by atomic mass is 10.2. The van der Waals surface area contributed by atoms with E-state index in [1.54, 1.807) is 28.8 Å². The van der Waals surface area contributed by atoms with Crippen LogP contribution in [0.15, 0.2) is 63.7 Å². The van der Waals surface area contributed by atoms with E-state index in [9.17, 15) is 18.0 Å². The molecule has 0 atom stereocenters. The highest BCUT2D eigenvalue weighted by Gasteiger charge is 2.25. The molecule has 0 unspecified atom stereocenters. The highest BCUT2D eigenvalue weighted by atomic mass is 32.2. The van der Waals surface area contributed by atoms with Crippen LogP contribution in [0.25, 0.3) is 11.1 Å². The van der Waals surface area contributed by atoms with Crippen LogP contribution in [0.3, 0.4) is 0 Å². The summed E-state index contributed by atoms with van der Waals surface area (Å²) in [5, 5.41) is 3.54. The van der Waals surface area contributed by atoms with E-state index in [2.05, 4.69) is 4.74 Å². The van der Waals surface area contributed by atoms with Gasteiger partial charge in [0.25, 0.3) is 10.6 Å². The number of nitrogens with zero attached hydrogens (tertiary/aromatic N) is 3. The molecule has 0 N–H and O–H groups in total. The molecule has 1 aliphatic heterocycles. The molecule has 0 saturated heterocycles.